The minimum atomic E-state index is 0.674. The fraction of sp³-hybridized carbons (Fsp3) is 0.0769. The van der Waals surface area contributed by atoms with Gasteiger partial charge in [-0.25, -0.2) is 9.50 Å². The van der Waals surface area contributed by atoms with E-state index in [1.165, 1.54) is 0 Å². The molecule has 0 fully saturated rings. The van der Waals surface area contributed by atoms with E-state index in [9.17, 15) is 0 Å². The van der Waals surface area contributed by atoms with Crippen molar-refractivity contribution in [1.29, 1.82) is 0 Å². The summed E-state index contributed by atoms with van der Waals surface area (Å²) in [5.74, 6) is 0.680. The van der Waals surface area contributed by atoms with Gasteiger partial charge in [-0.15, -0.1) is 5.10 Å². The van der Waals surface area contributed by atoms with Crippen molar-refractivity contribution >= 4 is 27.3 Å². The summed E-state index contributed by atoms with van der Waals surface area (Å²) >= 11 is 3.41. The Balaban J connectivity index is 2.19. The maximum Gasteiger partial charge on any atom is 0.182 e. The second kappa shape index (κ2) is 4.10. The van der Waals surface area contributed by atoms with E-state index in [0.29, 0.717) is 17.2 Å². The topological polar surface area (TPSA) is 56.2 Å². The van der Waals surface area contributed by atoms with Crippen LogP contribution in [0.3, 0.4) is 0 Å². The van der Waals surface area contributed by atoms with E-state index in [4.69, 9.17) is 5.73 Å². The van der Waals surface area contributed by atoms with Gasteiger partial charge in [-0.1, -0.05) is 28.1 Å². The summed E-state index contributed by atoms with van der Waals surface area (Å²) in [5.41, 5.74) is 9.36. The van der Waals surface area contributed by atoms with Crippen LogP contribution in [0.4, 0.5) is 5.69 Å². The summed E-state index contributed by atoms with van der Waals surface area (Å²) < 4.78 is 2.74. The van der Waals surface area contributed by atoms with Crippen LogP contribution in [0, 0.1) is 6.92 Å². The largest absolute Gasteiger partial charge is 0.395 e. The molecular weight excluding hydrogens is 292 g/mol. The first kappa shape index (κ1) is 11.2. The smallest absolute Gasteiger partial charge is 0.182 e. The second-order valence-electron chi connectivity index (χ2n) is 4.12. The quantitative estimate of drug-likeness (QED) is 0.751. The van der Waals surface area contributed by atoms with Gasteiger partial charge in [0.05, 0.1) is 5.69 Å². The average molecular weight is 303 g/mol. The third kappa shape index (κ3) is 1.76. The van der Waals surface area contributed by atoms with E-state index in [-0.39, 0.29) is 0 Å². The monoisotopic (exact) mass is 302 g/mol. The van der Waals surface area contributed by atoms with Crippen molar-refractivity contribution in [3.63, 3.8) is 0 Å². The Bertz CT molecular complexity index is 716. The predicted molar refractivity (Wildman–Crippen MR) is 75.3 cm³/mol. The Morgan fingerprint density at radius 3 is 2.61 bits per heavy atom. The normalized spacial score (nSPS) is 11.0. The molecule has 2 N–H and O–H groups in total. The first-order valence-electron chi connectivity index (χ1n) is 5.52. The number of rotatable bonds is 1. The summed E-state index contributed by atoms with van der Waals surface area (Å²) in [5, 5.41) is 4.42. The third-order valence-corrected chi connectivity index (χ3v) is 3.39. The Kier molecular flexibility index (Phi) is 2.56. The number of hydrogen-bond acceptors (Lipinski definition) is 3. The van der Waals surface area contributed by atoms with Crippen LogP contribution in [-0.4, -0.2) is 14.6 Å². The van der Waals surface area contributed by atoms with E-state index in [1.807, 2.05) is 43.5 Å². The van der Waals surface area contributed by atoms with Crippen LogP contribution < -0.4 is 5.73 Å². The number of benzene rings is 1. The van der Waals surface area contributed by atoms with Gasteiger partial charge in [-0.2, -0.15) is 0 Å². The van der Waals surface area contributed by atoms with Crippen molar-refractivity contribution in [2.24, 2.45) is 0 Å². The Labute approximate surface area is 113 Å². The molecule has 5 heteroatoms. The molecule has 1 aromatic carbocycles. The highest BCUT2D eigenvalue weighted by Gasteiger charge is 2.09. The molecule has 0 unspecified atom stereocenters. The van der Waals surface area contributed by atoms with Gasteiger partial charge in [0.2, 0.25) is 0 Å². The highest BCUT2D eigenvalue weighted by atomic mass is 79.9. The first-order valence-corrected chi connectivity index (χ1v) is 6.32. The maximum absolute atomic E-state index is 6.00. The fourth-order valence-electron chi connectivity index (χ4n) is 1.78. The van der Waals surface area contributed by atoms with E-state index in [1.54, 1.807) is 4.52 Å². The van der Waals surface area contributed by atoms with Crippen LogP contribution in [0.1, 0.15) is 5.56 Å². The van der Waals surface area contributed by atoms with Gasteiger partial charge < -0.3 is 5.73 Å². The molecule has 0 radical (unpaired) electrons. The lowest BCUT2D eigenvalue weighted by Crippen LogP contribution is -1.96. The highest BCUT2D eigenvalue weighted by Crippen LogP contribution is 2.22. The van der Waals surface area contributed by atoms with Gasteiger partial charge in [0.25, 0.3) is 0 Å². The van der Waals surface area contributed by atoms with Crippen LogP contribution in [0.25, 0.3) is 17.0 Å². The highest BCUT2D eigenvalue weighted by molar-refractivity contribution is 9.10. The van der Waals surface area contributed by atoms with E-state index >= 15 is 0 Å². The van der Waals surface area contributed by atoms with Gasteiger partial charge in [-0.3, -0.25) is 0 Å². The second-order valence-corrected chi connectivity index (χ2v) is 5.04. The Hall–Kier alpha value is -1.88. The summed E-state index contributed by atoms with van der Waals surface area (Å²) in [6.07, 6.45) is 1.87. The van der Waals surface area contributed by atoms with Gasteiger partial charge in [0.1, 0.15) is 0 Å². The standard InChI is InChI=1S/C13H11BrN4/c1-8-6-7-18-13(11(8)15)16-12(17-18)9-2-4-10(14)5-3-9/h2-7H,15H2,1H3. The van der Waals surface area contributed by atoms with Crippen molar-refractivity contribution < 1.29 is 0 Å². The van der Waals surface area contributed by atoms with Crippen molar-refractivity contribution in [2.45, 2.75) is 6.92 Å². The summed E-state index contributed by atoms with van der Waals surface area (Å²) in [6, 6.07) is 9.82. The van der Waals surface area contributed by atoms with Crippen LogP contribution >= 0.6 is 15.9 Å². The van der Waals surface area contributed by atoms with Crippen molar-refractivity contribution in [2.75, 3.05) is 5.73 Å². The fourth-order valence-corrected chi connectivity index (χ4v) is 2.04. The molecule has 0 saturated heterocycles. The van der Waals surface area contributed by atoms with E-state index in [0.717, 1.165) is 15.6 Å². The molecule has 2 aromatic heterocycles. The summed E-state index contributed by atoms with van der Waals surface area (Å²) in [7, 11) is 0. The predicted octanol–water partition coefficient (Wildman–Crippen LogP) is 3.05. The Morgan fingerprint density at radius 1 is 1.17 bits per heavy atom. The molecule has 3 rings (SSSR count). The molecule has 90 valence electrons. The molecule has 2 heterocycles. The zero-order chi connectivity index (χ0) is 12.7. The number of pyridine rings is 1. The first-order chi connectivity index (χ1) is 8.65. The van der Waals surface area contributed by atoms with Crippen LogP contribution in [-0.2, 0) is 0 Å². The minimum absolute atomic E-state index is 0.674. The maximum atomic E-state index is 6.00. The molecule has 3 aromatic rings. The number of aromatic nitrogens is 3. The number of nitrogens with zero attached hydrogens (tertiary/aromatic N) is 3. The molecule has 0 atom stereocenters. The molecule has 0 aliphatic heterocycles. The molecule has 0 aliphatic carbocycles. The molecule has 4 nitrogen and oxygen atoms in total. The van der Waals surface area contributed by atoms with Gasteiger partial charge in [-0.05, 0) is 30.7 Å². The summed E-state index contributed by atoms with van der Waals surface area (Å²) in [6.45, 7) is 1.96. The molecule has 18 heavy (non-hydrogen) atoms. The number of anilines is 1. The number of nitrogens with two attached hydrogens (primary N) is 1. The van der Waals surface area contributed by atoms with Crippen LogP contribution in [0.5, 0.6) is 0 Å². The molecule has 0 saturated carbocycles. The number of hydrogen-bond donors (Lipinski definition) is 1. The van der Waals surface area contributed by atoms with Crippen LogP contribution in [0.15, 0.2) is 41.0 Å². The summed E-state index contributed by atoms with van der Waals surface area (Å²) in [4.78, 5) is 4.48. The number of aryl methyl sites for hydroxylation is 1. The number of nitrogen functional groups attached to an aromatic ring is 1. The van der Waals surface area contributed by atoms with Gasteiger partial charge in [0, 0.05) is 16.2 Å². The van der Waals surface area contributed by atoms with Crippen molar-refractivity contribution in [3.8, 4) is 11.4 Å². The van der Waals surface area contributed by atoms with E-state index < -0.39 is 0 Å². The molecule has 0 bridgehead atoms. The molecule has 0 aliphatic rings. The third-order valence-electron chi connectivity index (χ3n) is 2.87. The van der Waals surface area contributed by atoms with Crippen molar-refractivity contribution in [3.05, 3.63) is 46.6 Å². The number of halogens is 1. The Morgan fingerprint density at radius 2 is 1.89 bits per heavy atom. The van der Waals surface area contributed by atoms with Gasteiger partial charge in [0.15, 0.2) is 11.5 Å². The van der Waals surface area contributed by atoms with Crippen LogP contribution in [0.2, 0.25) is 0 Å². The average Bonchev–Trinajstić information content (AvgIpc) is 2.80. The lowest BCUT2D eigenvalue weighted by Gasteiger charge is -1.98. The lowest BCUT2D eigenvalue weighted by atomic mass is 10.2. The molecular formula is C13H11BrN4. The van der Waals surface area contributed by atoms with E-state index in [2.05, 4.69) is 26.0 Å². The zero-order valence-corrected chi connectivity index (χ0v) is 11.3. The van der Waals surface area contributed by atoms with Gasteiger partial charge >= 0.3 is 0 Å². The SMILES string of the molecule is Cc1ccn2nc(-c3ccc(Br)cc3)nc2c1N. The zero-order valence-electron chi connectivity index (χ0n) is 9.76. The number of fused-ring (bicyclic) bond motifs is 1. The molecule has 0 spiro atoms. The molecule has 0 amide bonds. The lowest BCUT2D eigenvalue weighted by molar-refractivity contribution is 0.964. The van der Waals surface area contributed by atoms with Crippen molar-refractivity contribution in [1.82, 2.24) is 14.6 Å². The minimum Gasteiger partial charge on any atom is -0.395 e.